The van der Waals surface area contributed by atoms with E-state index in [1.807, 2.05) is 0 Å². The molecule has 0 fully saturated rings. The van der Waals surface area contributed by atoms with Gasteiger partial charge in [0.05, 0.1) is 0 Å². The molecule has 132 valence electrons. The van der Waals surface area contributed by atoms with Crippen molar-refractivity contribution in [2.75, 3.05) is 0 Å². The molecule has 0 bridgehead atoms. The van der Waals surface area contributed by atoms with Gasteiger partial charge in [-0.15, -0.1) is 0 Å². The molecule has 0 heteroatoms. The van der Waals surface area contributed by atoms with Crippen molar-refractivity contribution in [3.8, 4) is 0 Å². The average molecular weight is 356 g/mol. The second-order valence-electron chi connectivity index (χ2n) is 7.75. The monoisotopic (exact) mass is 356 g/mol. The van der Waals surface area contributed by atoms with Crippen LogP contribution in [0.1, 0.15) is 22.3 Å². The van der Waals surface area contributed by atoms with Crippen LogP contribution in [0.25, 0.3) is 32.7 Å². The Morgan fingerprint density at radius 3 is 1.29 bits per heavy atom. The van der Waals surface area contributed by atoms with Gasteiger partial charge in [-0.25, -0.2) is 0 Å². The molecule has 0 N–H and O–H groups in total. The summed E-state index contributed by atoms with van der Waals surface area (Å²) in [5.41, 5.74) is 8.29. The highest BCUT2D eigenvalue weighted by Gasteiger charge is 2.19. The van der Waals surface area contributed by atoms with Gasteiger partial charge >= 0.3 is 0 Å². The lowest BCUT2D eigenvalue weighted by atomic mass is 9.82. The lowest BCUT2D eigenvalue weighted by Crippen LogP contribution is -2.03. The maximum absolute atomic E-state index is 2.37. The smallest absolute Gasteiger partial charge is 0.00877 e. The molecule has 0 heterocycles. The van der Waals surface area contributed by atoms with Crippen LogP contribution >= 0.6 is 0 Å². The summed E-state index contributed by atoms with van der Waals surface area (Å²) in [6.45, 7) is 0. The van der Waals surface area contributed by atoms with E-state index in [0.717, 1.165) is 12.8 Å². The first-order valence-electron chi connectivity index (χ1n) is 9.98. The minimum absolute atomic E-state index is 1.01. The zero-order valence-electron chi connectivity index (χ0n) is 15.7. The summed E-state index contributed by atoms with van der Waals surface area (Å²) < 4.78 is 0. The van der Waals surface area contributed by atoms with Crippen LogP contribution in [0, 0.1) is 0 Å². The van der Waals surface area contributed by atoms with Crippen molar-refractivity contribution >= 4 is 32.7 Å². The quantitative estimate of drug-likeness (QED) is 0.314. The van der Waals surface area contributed by atoms with Gasteiger partial charge in [-0.3, -0.25) is 0 Å². The highest BCUT2D eigenvalue weighted by atomic mass is 14.2. The first kappa shape index (κ1) is 15.7. The van der Waals surface area contributed by atoms with E-state index in [1.165, 1.54) is 54.9 Å². The van der Waals surface area contributed by atoms with E-state index in [9.17, 15) is 0 Å². The van der Waals surface area contributed by atoms with Gasteiger partial charge in [0, 0.05) is 0 Å². The molecule has 0 aromatic heterocycles. The fourth-order valence-electron chi connectivity index (χ4n) is 4.67. The van der Waals surface area contributed by atoms with Crippen LogP contribution in [0.4, 0.5) is 0 Å². The average Bonchev–Trinajstić information content (AvgIpc) is 2.75. The Morgan fingerprint density at radius 2 is 0.857 bits per heavy atom. The molecule has 2 aliphatic carbocycles. The van der Waals surface area contributed by atoms with Gasteiger partial charge in [0.25, 0.3) is 0 Å². The molecule has 28 heavy (non-hydrogen) atoms. The van der Waals surface area contributed by atoms with E-state index in [2.05, 4.69) is 97.1 Å². The third kappa shape index (κ3) is 2.38. The van der Waals surface area contributed by atoms with Crippen LogP contribution in [-0.4, -0.2) is 0 Å². The first-order valence-corrected chi connectivity index (χ1v) is 9.98. The van der Waals surface area contributed by atoms with E-state index in [1.54, 1.807) is 0 Å². The van der Waals surface area contributed by atoms with Crippen LogP contribution in [0.3, 0.4) is 0 Å². The molecular formula is C28H20. The SMILES string of the molecule is C1=CC(=C2C=CCc3cc4ccccc4cc32)c2cc3ccccc3cc2C1. The number of fused-ring (bicyclic) bond motifs is 4. The van der Waals surface area contributed by atoms with Crippen molar-refractivity contribution in [3.63, 3.8) is 0 Å². The summed E-state index contributed by atoms with van der Waals surface area (Å²) in [6.07, 6.45) is 11.3. The fraction of sp³-hybridized carbons (Fsp3) is 0.0714. The molecule has 0 amide bonds. The van der Waals surface area contributed by atoms with E-state index in [0.29, 0.717) is 0 Å². The molecule has 0 saturated heterocycles. The molecule has 0 aliphatic heterocycles. The highest BCUT2D eigenvalue weighted by Crippen LogP contribution is 2.39. The van der Waals surface area contributed by atoms with Gasteiger partial charge in [0.1, 0.15) is 0 Å². The van der Waals surface area contributed by atoms with Crippen LogP contribution in [0.15, 0.2) is 97.1 Å². The minimum Gasteiger partial charge on any atom is -0.0795 e. The highest BCUT2D eigenvalue weighted by molar-refractivity contribution is 6.05. The first-order chi connectivity index (χ1) is 13.9. The molecule has 0 nitrogen and oxygen atoms in total. The molecule has 4 aromatic carbocycles. The van der Waals surface area contributed by atoms with Gasteiger partial charge in [-0.2, -0.15) is 0 Å². The van der Waals surface area contributed by atoms with Crippen molar-refractivity contribution in [2.45, 2.75) is 12.8 Å². The zero-order chi connectivity index (χ0) is 18.5. The predicted molar refractivity (Wildman–Crippen MR) is 120 cm³/mol. The number of allylic oxidation sites excluding steroid dienone is 6. The molecule has 0 atom stereocenters. The molecular weight excluding hydrogens is 336 g/mol. The van der Waals surface area contributed by atoms with E-state index in [-0.39, 0.29) is 0 Å². The van der Waals surface area contributed by atoms with Gasteiger partial charge in [-0.05, 0) is 79.9 Å². The molecule has 6 rings (SSSR count). The Kier molecular flexibility index (Phi) is 3.39. The van der Waals surface area contributed by atoms with Crippen molar-refractivity contribution < 1.29 is 0 Å². The Morgan fingerprint density at radius 1 is 0.464 bits per heavy atom. The van der Waals surface area contributed by atoms with Gasteiger partial charge in [-0.1, -0.05) is 85.0 Å². The normalized spacial score (nSPS) is 17.7. The molecule has 0 unspecified atom stereocenters. The summed E-state index contributed by atoms with van der Waals surface area (Å²) >= 11 is 0. The van der Waals surface area contributed by atoms with Crippen LogP contribution < -0.4 is 0 Å². The summed E-state index contributed by atoms with van der Waals surface area (Å²) in [6, 6.07) is 26.8. The van der Waals surface area contributed by atoms with Crippen molar-refractivity contribution in [3.05, 3.63) is 119 Å². The third-order valence-electron chi connectivity index (χ3n) is 6.06. The van der Waals surface area contributed by atoms with E-state index < -0.39 is 0 Å². The van der Waals surface area contributed by atoms with E-state index in [4.69, 9.17) is 0 Å². The maximum Gasteiger partial charge on any atom is -0.00877 e. The van der Waals surface area contributed by atoms with Crippen molar-refractivity contribution in [1.82, 2.24) is 0 Å². The topological polar surface area (TPSA) is 0 Å². The fourth-order valence-corrected chi connectivity index (χ4v) is 4.67. The third-order valence-corrected chi connectivity index (χ3v) is 6.06. The zero-order valence-corrected chi connectivity index (χ0v) is 15.7. The summed E-state index contributed by atoms with van der Waals surface area (Å²) in [4.78, 5) is 0. The number of hydrogen-bond acceptors (Lipinski definition) is 0. The number of hydrogen-bond donors (Lipinski definition) is 0. The molecule has 4 aromatic rings. The Hall–Kier alpha value is -3.38. The summed E-state index contributed by atoms with van der Waals surface area (Å²) in [7, 11) is 0. The summed E-state index contributed by atoms with van der Waals surface area (Å²) in [5.74, 6) is 0. The maximum atomic E-state index is 2.37. The van der Waals surface area contributed by atoms with Crippen molar-refractivity contribution in [1.29, 1.82) is 0 Å². The molecule has 0 spiro atoms. The lowest BCUT2D eigenvalue weighted by Gasteiger charge is -2.22. The second kappa shape index (κ2) is 6.07. The molecule has 2 aliphatic rings. The van der Waals surface area contributed by atoms with Crippen LogP contribution in [0.2, 0.25) is 0 Å². The Labute approximate surface area is 165 Å². The Balaban J connectivity index is 1.64. The Bertz CT molecular complexity index is 1240. The predicted octanol–water partition coefficient (Wildman–Crippen LogP) is 7.13. The molecule has 0 radical (unpaired) electrons. The minimum atomic E-state index is 1.01. The van der Waals surface area contributed by atoms with Crippen molar-refractivity contribution in [2.24, 2.45) is 0 Å². The van der Waals surface area contributed by atoms with Gasteiger partial charge < -0.3 is 0 Å². The largest absolute Gasteiger partial charge is 0.0795 e. The summed E-state index contributed by atoms with van der Waals surface area (Å²) in [5, 5.41) is 5.28. The lowest BCUT2D eigenvalue weighted by molar-refractivity contribution is 1.22. The van der Waals surface area contributed by atoms with Crippen LogP contribution in [-0.2, 0) is 12.8 Å². The van der Waals surface area contributed by atoms with E-state index >= 15 is 0 Å². The standard InChI is InChI=1S/C28H20/c1-3-9-21-17-27-23(15-19(21)7-1)11-5-13-25(27)26-14-6-12-24-16-20-8-2-4-10-22(20)18-28(24)26/h1-10,13-18H,11-12H2. The van der Waals surface area contributed by atoms with Gasteiger partial charge in [0.2, 0.25) is 0 Å². The molecule has 0 saturated carbocycles. The van der Waals surface area contributed by atoms with Crippen LogP contribution in [0.5, 0.6) is 0 Å². The second-order valence-corrected chi connectivity index (χ2v) is 7.75. The number of benzene rings is 4. The van der Waals surface area contributed by atoms with Gasteiger partial charge in [0.15, 0.2) is 0 Å². The number of rotatable bonds is 0.